The van der Waals surface area contributed by atoms with Crippen LogP contribution in [0.1, 0.15) is 25.7 Å². The maximum absolute atomic E-state index is 9.26. The third-order valence-electron chi connectivity index (χ3n) is 3.48. The molecule has 2 aliphatic heterocycles. The van der Waals surface area contributed by atoms with Crippen molar-refractivity contribution < 1.29 is 9.84 Å². The lowest BCUT2D eigenvalue weighted by molar-refractivity contribution is 0.0724. The van der Waals surface area contributed by atoms with Crippen LogP contribution >= 0.6 is 0 Å². The molecule has 2 atom stereocenters. The summed E-state index contributed by atoms with van der Waals surface area (Å²) in [7, 11) is 0. The van der Waals surface area contributed by atoms with Gasteiger partial charge in [0, 0.05) is 19.2 Å². The molecule has 2 unspecified atom stereocenters. The van der Waals surface area contributed by atoms with Crippen LogP contribution in [-0.2, 0) is 4.74 Å². The van der Waals surface area contributed by atoms with Crippen molar-refractivity contribution in [2.45, 2.75) is 31.7 Å². The summed E-state index contributed by atoms with van der Waals surface area (Å²) in [5.74, 6) is 0.710. The summed E-state index contributed by atoms with van der Waals surface area (Å²) in [6.07, 6.45) is 4.95. The van der Waals surface area contributed by atoms with Crippen LogP contribution in [0.3, 0.4) is 0 Å². The average molecular weight is 199 g/mol. The quantitative estimate of drug-likeness (QED) is 0.732. The maximum Gasteiger partial charge on any atom is 0.0586 e. The molecule has 0 amide bonds. The smallest absolute Gasteiger partial charge is 0.0586 e. The highest BCUT2D eigenvalue weighted by atomic mass is 16.5. The fourth-order valence-electron chi connectivity index (χ4n) is 2.57. The van der Waals surface area contributed by atoms with Crippen LogP contribution in [-0.4, -0.2) is 49.0 Å². The Kier molecular flexibility index (Phi) is 3.79. The van der Waals surface area contributed by atoms with E-state index in [-0.39, 0.29) is 0 Å². The normalized spacial score (nSPS) is 34.9. The van der Waals surface area contributed by atoms with Gasteiger partial charge in [-0.05, 0) is 31.7 Å². The Morgan fingerprint density at radius 3 is 2.93 bits per heavy atom. The van der Waals surface area contributed by atoms with Gasteiger partial charge in [0.15, 0.2) is 0 Å². The molecular formula is C11H21NO2. The van der Waals surface area contributed by atoms with Gasteiger partial charge in [0.05, 0.1) is 13.2 Å². The number of likely N-dealkylation sites (tertiary alicyclic amines) is 1. The van der Waals surface area contributed by atoms with Crippen molar-refractivity contribution in [3.05, 3.63) is 0 Å². The first-order valence-corrected chi connectivity index (χ1v) is 5.83. The van der Waals surface area contributed by atoms with E-state index >= 15 is 0 Å². The fourth-order valence-corrected chi connectivity index (χ4v) is 2.57. The molecule has 0 aliphatic carbocycles. The molecule has 3 heteroatoms. The standard InChI is InChI=1S/C11H21NO2/c13-8-11-3-1-2-5-12(11)7-10-4-6-14-9-10/h10-11,13H,1-9H2. The molecule has 0 bridgehead atoms. The summed E-state index contributed by atoms with van der Waals surface area (Å²) >= 11 is 0. The number of hydrogen-bond acceptors (Lipinski definition) is 3. The molecule has 2 aliphatic rings. The highest BCUT2D eigenvalue weighted by Gasteiger charge is 2.25. The Balaban J connectivity index is 1.81. The van der Waals surface area contributed by atoms with E-state index in [0.29, 0.717) is 18.6 Å². The Bertz CT molecular complexity index is 169. The monoisotopic (exact) mass is 199 g/mol. The van der Waals surface area contributed by atoms with E-state index in [1.165, 1.54) is 32.2 Å². The van der Waals surface area contributed by atoms with Crippen molar-refractivity contribution in [1.29, 1.82) is 0 Å². The zero-order valence-electron chi connectivity index (χ0n) is 8.82. The third-order valence-corrected chi connectivity index (χ3v) is 3.48. The van der Waals surface area contributed by atoms with Crippen LogP contribution in [0, 0.1) is 5.92 Å². The molecule has 0 spiro atoms. The van der Waals surface area contributed by atoms with Crippen LogP contribution in [0.25, 0.3) is 0 Å². The van der Waals surface area contributed by atoms with Crippen molar-refractivity contribution in [3.63, 3.8) is 0 Å². The summed E-state index contributed by atoms with van der Waals surface area (Å²) in [5, 5.41) is 9.26. The van der Waals surface area contributed by atoms with E-state index < -0.39 is 0 Å². The number of rotatable bonds is 3. The van der Waals surface area contributed by atoms with Crippen molar-refractivity contribution in [1.82, 2.24) is 4.90 Å². The molecule has 0 aromatic heterocycles. The number of aliphatic hydroxyl groups is 1. The van der Waals surface area contributed by atoms with Crippen LogP contribution in [0.5, 0.6) is 0 Å². The molecule has 2 fully saturated rings. The van der Waals surface area contributed by atoms with E-state index in [9.17, 15) is 5.11 Å². The molecule has 1 N–H and O–H groups in total. The topological polar surface area (TPSA) is 32.7 Å². The minimum absolute atomic E-state index is 0.327. The van der Waals surface area contributed by atoms with E-state index in [1.54, 1.807) is 0 Å². The van der Waals surface area contributed by atoms with E-state index in [1.807, 2.05) is 0 Å². The zero-order valence-corrected chi connectivity index (χ0v) is 8.82. The lowest BCUT2D eigenvalue weighted by Crippen LogP contribution is -2.44. The predicted molar refractivity (Wildman–Crippen MR) is 55.2 cm³/mol. The van der Waals surface area contributed by atoms with E-state index in [4.69, 9.17) is 4.74 Å². The van der Waals surface area contributed by atoms with Gasteiger partial charge in [-0.3, -0.25) is 4.90 Å². The average Bonchev–Trinajstić information content (AvgIpc) is 2.71. The molecule has 82 valence electrons. The summed E-state index contributed by atoms with van der Waals surface area (Å²) in [5.41, 5.74) is 0. The van der Waals surface area contributed by atoms with Crippen LogP contribution in [0.15, 0.2) is 0 Å². The molecule has 0 radical (unpaired) electrons. The second kappa shape index (κ2) is 5.10. The number of aliphatic hydroxyl groups excluding tert-OH is 1. The SMILES string of the molecule is OCC1CCCCN1CC1CCOC1. The summed E-state index contributed by atoms with van der Waals surface area (Å²) in [6.45, 7) is 4.48. The van der Waals surface area contributed by atoms with Crippen molar-refractivity contribution >= 4 is 0 Å². The predicted octanol–water partition coefficient (Wildman–Crippen LogP) is 0.870. The van der Waals surface area contributed by atoms with Crippen molar-refractivity contribution in [2.24, 2.45) is 5.92 Å². The number of hydrogen-bond donors (Lipinski definition) is 1. The first-order valence-electron chi connectivity index (χ1n) is 5.83. The van der Waals surface area contributed by atoms with Gasteiger partial charge in [-0.1, -0.05) is 6.42 Å². The minimum atomic E-state index is 0.327. The molecule has 0 aromatic rings. The lowest BCUT2D eigenvalue weighted by atomic mass is 10.00. The minimum Gasteiger partial charge on any atom is -0.395 e. The van der Waals surface area contributed by atoms with Gasteiger partial charge in [0.1, 0.15) is 0 Å². The Morgan fingerprint density at radius 2 is 2.21 bits per heavy atom. The van der Waals surface area contributed by atoms with Gasteiger partial charge in [-0.2, -0.15) is 0 Å². The molecule has 0 aromatic carbocycles. The maximum atomic E-state index is 9.26. The van der Waals surface area contributed by atoms with Gasteiger partial charge in [-0.15, -0.1) is 0 Å². The van der Waals surface area contributed by atoms with E-state index in [0.717, 1.165) is 19.8 Å². The van der Waals surface area contributed by atoms with Gasteiger partial charge >= 0.3 is 0 Å². The second-order valence-electron chi connectivity index (χ2n) is 4.56. The van der Waals surface area contributed by atoms with Crippen LogP contribution in [0.4, 0.5) is 0 Å². The number of piperidine rings is 1. The first kappa shape index (κ1) is 10.4. The Morgan fingerprint density at radius 1 is 1.29 bits per heavy atom. The summed E-state index contributed by atoms with van der Waals surface area (Å²) in [6, 6.07) is 0.421. The highest BCUT2D eigenvalue weighted by Crippen LogP contribution is 2.21. The van der Waals surface area contributed by atoms with Crippen molar-refractivity contribution in [3.8, 4) is 0 Å². The third kappa shape index (κ3) is 2.47. The number of ether oxygens (including phenoxy) is 1. The highest BCUT2D eigenvalue weighted by molar-refractivity contribution is 4.79. The van der Waals surface area contributed by atoms with E-state index in [2.05, 4.69) is 4.90 Å². The molecule has 3 nitrogen and oxygen atoms in total. The van der Waals surface area contributed by atoms with Crippen molar-refractivity contribution in [2.75, 3.05) is 32.9 Å². The fraction of sp³-hybridized carbons (Fsp3) is 1.00. The molecule has 2 heterocycles. The summed E-state index contributed by atoms with van der Waals surface area (Å²) < 4.78 is 5.38. The van der Waals surface area contributed by atoms with Crippen LogP contribution < -0.4 is 0 Å². The Hall–Kier alpha value is -0.120. The zero-order chi connectivity index (χ0) is 9.80. The number of nitrogens with zero attached hydrogens (tertiary/aromatic N) is 1. The molecular weight excluding hydrogens is 178 g/mol. The van der Waals surface area contributed by atoms with Gasteiger partial charge in [0.25, 0.3) is 0 Å². The largest absolute Gasteiger partial charge is 0.395 e. The molecule has 2 rings (SSSR count). The summed E-state index contributed by atoms with van der Waals surface area (Å²) in [4.78, 5) is 2.46. The first-order chi connectivity index (χ1) is 6.90. The van der Waals surface area contributed by atoms with Gasteiger partial charge < -0.3 is 9.84 Å². The molecule has 2 saturated heterocycles. The second-order valence-corrected chi connectivity index (χ2v) is 4.56. The van der Waals surface area contributed by atoms with Gasteiger partial charge in [-0.25, -0.2) is 0 Å². The molecule has 14 heavy (non-hydrogen) atoms. The molecule has 0 saturated carbocycles. The Labute approximate surface area is 86.0 Å². The van der Waals surface area contributed by atoms with Crippen LogP contribution in [0.2, 0.25) is 0 Å². The lowest BCUT2D eigenvalue weighted by Gasteiger charge is -2.35. The van der Waals surface area contributed by atoms with Gasteiger partial charge in [0.2, 0.25) is 0 Å².